The molecule has 0 aliphatic carbocycles. The van der Waals surface area contributed by atoms with Crippen LogP contribution in [0.1, 0.15) is 6.42 Å². The fraction of sp³-hybridized carbons (Fsp3) is 0.529. The van der Waals surface area contributed by atoms with Gasteiger partial charge >= 0.3 is 11.8 Å². The lowest BCUT2D eigenvalue weighted by molar-refractivity contribution is -0.146. The summed E-state index contributed by atoms with van der Waals surface area (Å²) < 4.78 is 10.3. The molecule has 0 bridgehead atoms. The number of methoxy groups -OCH3 is 2. The van der Waals surface area contributed by atoms with Crippen LogP contribution in [0, 0.1) is 0 Å². The van der Waals surface area contributed by atoms with Gasteiger partial charge in [-0.1, -0.05) is 12.1 Å². The van der Waals surface area contributed by atoms with E-state index in [-0.39, 0.29) is 0 Å². The van der Waals surface area contributed by atoms with Crippen LogP contribution in [0.4, 0.5) is 5.69 Å². The van der Waals surface area contributed by atoms with Crippen molar-refractivity contribution in [2.45, 2.75) is 6.42 Å². The number of rotatable bonds is 6. The van der Waals surface area contributed by atoms with E-state index in [2.05, 4.69) is 10.2 Å². The monoisotopic (exact) mass is 335 g/mol. The maximum Gasteiger partial charge on any atom is 0.312 e. The Morgan fingerprint density at radius 3 is 2.50 bits per heavy atom. The van der Waals surface area contributed by atoms with Gasteiger partial charge in [0.2, 0.25) is 0 Å². The lowest BCUT2D eigenvalue weighted by Crippen LogP contribution is -2.52. The maximum atomic E-state index is 12.2. The van der Waals surface area contributed by atoms with Crippen molar-refractivity contribution >= 4 is 17.5 Å². The highest BCUT2D eigenvalue weighted by atomic mass is 16.5. The Labute approximate surface area is 142 Å². The first-order valence-corrected chi connectivity index (χ1v) is 8.11. The van der Waals surface area contributed by atoms with E-state index < -0.39 is 11.8 Å². The number of hydrogen-bond acceptors (Lipinski definition) is 5. The van der Waals surface area contributed by atoms with Crippen LogP contribution in [0.5, 0.6) is 5.75 Å². The molecule has 2 amide bonds. The zero-order valence-electron chi connectivity index (χ0n) is 14.3. The van der Waals surface area contributed by atoms with Crippen molar-refractivity contribution in [3.8, 4) is 5.75 Å². The Morgan fingerprint density at radius 1 is 1.12 bits per heavy atom. The van der Waals surface area contributed by atoms with Gasteiger partial charge in [-0.05, 0) is 18.6 Å². The summed E-state index contributed by atoms with van der Waals surface area (Å²) >= 11 is 0. The van der Waals surface area contributed by atoms with Crippen LogP contribution in [0.2, 0.25) is 0 Å². The minimum atomic E-state index is -0.545. The molecule has 0 atom stereocenters. The number of nitrogens with zero attached hydrogens (tertiary/aromatic N) is 2. The van der Waals surface area contributed by atoms with Gasteiger partial charge in [0.1, 0.15) is 5.75 Å². The third-order valence-corrected chi connectivity index (χ3v) is 4.00. The quantitative estimate of drug-likeness (QED) is 0.605. The minimum Gasteiger partial charge on any atom is -0.495 e. The molecule has 1 aromatic rings. The second-order valence-electron chi connectivity index (χ2n) is 5.55. The zero-order chi connectivity index (χ0) is 17.4. The molecule has 132 valence electrons. The summed E-state index contributed by atoms with van der Waals surface area (Å²) in [4.78, 5) is 27.8. The number of ether oxygens (including phenoxy) is 2. The maximum absolute atomic E-state index is 12.2. The molecule has 24 heavy (non-hydrogen) atoms. The summed E-state index contributed by atoms with van der Waals surface area (Å²) in [5, 5.41) is 2.63. The normalized spacial score (nSPS) is 14.4. The van der Waals surface area contributed by atoms with E-state index in [4.69, 9.17) is 9.47 Å². The first kappa shape index (κ1) is 18.1. The number of para-hydroxylation sites is 2. The molecule has 1 N–H and O–H groups in total. The number of piperazine rings is 1. The number of hydrogen-bond donors (Lipinski definition) is 1. The van der Waals surface area contributed by atoms with E-state index in [9.17, 15) is 9.59 Å². The molecule has 1 aliphatic heterocycles. The first-order valence-electron chi connectivity index (χ1n) is 8.11. The van der Waals surface area contributed by atoms with Gasteiger partial charge in [-0.25, -0.2) is 0 Å². The van der Waals surface area contributed by atoms with Gasteiger partial charge in [-0.2, -0.15) is 0 Å². The molecule has 0 radical (unpaired) electrons. The van der Waals surface area contributed by atoms with Crippen molar-refractivity contribution in [3.63, 3.8) is 0 Å². The average molecular weight is 335 g/mol. The highest BCUT2D eigenvalue weighted by Crippen LogP contribution is 2.28. The van der Waals surface area contributed by atoms with Gasteiger partial charge < -0.3 is 24.6 Å². The standard InChI is InChI=1S/C17H25N3O4/c1-23-13-5-8-18-16(21)17(22)20-11-9-19(10-12-20)14-6-3-4-7-15(14)24-2/h3-4,6-7H,5,8-13H2,1-2H3,(H,18,21). The van der Waals surface area contributed by atoms with E-state index in [0.717, 1.165) is 11.4 Å². The molecule has 1 aromatic carbocycles. The van der Waals surface area contributed by atoms with Crippen LogP contribution in [0.25, 0.3) is 0 Å². The molecular weight excluding hydrogens is 310 g/mol. The van der Waals surface area contributed by atoms with E-state index in [1.54, 1.807) is 19.1 Å². The van der Waals surface area contributed by atoms with E-state index in [1.807, 2.05) is 24.3 Å². The van der Waals surface area contributed by atoms with E-state index in [0.29, 0.717) is 45.8 Å². The third kappa shape index (κ3) is 4.61. The molecule has 7 heteroatoms. The molecule has 2 rings (SSSR count). The lowest BCUT2D eigenvalue weighted by atomic mass is 10.2. The van der Waals surface area contributed by atoms with Crippen molar-refractivity contribution in [1.82, 2.24) is 10.2 Å². The smallest absolute Gasteiger partial charge is 0.312 e. The highest BCUT2D eigenvalue weighted by molar-refractivity contribution is 6.35. The Hall–Kier alpha value is -2.28. The predicted octanol–water partition coefficient (Wildman–Crippen LogP) is 0.497. The predicted molar refractivity (Wildman–Crippen MR) is 91.3 cm³/mol. The number of nitrogens with one attached hydrogen (secondary N) is 1. The third-order valence-electron chi connectivity index (χ3n) is 4.00. The van der Waals surface area contributed by atoms with E-state index >= 15 is 0 Å². The summed E-state index contributed by atoms with van der Waals surface area (Å²) in [7, 11) is 3.25. The SMILES string of the molecule is COCCCNC(=O)C(=O)N1CCN(c2ccccc2OC)CC1. The Balaban J connectivity index is 1.83. The van der Waals surface area contributed by atoms with Crippen molar-refractivity contribution in [2.24, 2.45) is 0 Å². The van der Waals surface area contributed by atoms with Crippen molar-refractivity contribution < 1.29 is 19.1 Å². The van der Waals surface area contributed by atoms with Crippen molar-refractivity contribution in [3.05, 3.63) is 24.3 Å². The fourth-order valence-corrected chi connectivity index (χ4v) is 2.68. The second-order valence-corrected chi connectivity index (χ2v) is 5.55. The number of benzene rings is 1. The molecule has 1 heterocycles. The summed E-state index contributed by atoms with van der Waals surface area (Å²) in [6, 6.07) is 7.80. The molecule has 0 saturated carbocycles. The average Bonchev–Trinajstić information content (AvgIpc) is 2.64. The molecule has 0 aromatic heterocycles. The van der Waals surface area contributed by atoms with Crippen molar-refractivity contribution in [2.75, 3.05) is 58.5 Å². The number of carbonyl (C=O) groups is 2. The summed E-state index contributed by atoms with van der Waals surface area (Å²) in [6.07, 6.45) is 0.692. The molecule has 1 fully saturated rings. The first-order chi connectivity index (χ1) is 11.7. The fourth-order valence-electron chi connectivity index (χ4n) is 2.68. The molecular formula is C17H25N3O4. The lowest BCUT2D eigenvalue weighted by Gasteiger charge is -2.36. The van der Waals surface area contributed by atoms with Gasteiger partial charge in [-0.15, -0.1) is 0 Å². The second kappa shape index (κ2) is 9.12. The molecule has 0 spiro atoms. The van der Waals surface area contributed by atoms with Crippen molar-refractivity contribution in [1.29, 1.82) is 0 Å². The van der Waals surface area contributed by atoms with Crippen LogP contribution >= 0.6 is 0 Å². The topological polar surface area (TPSA) is 71.1 Å². The summed E-state index contributed by atoms with van der Waals surface area (Å²) in [5.41, 5.74) is 1.01. The van der Waals surface area contributed by atoms with Crippen LogP contribution in [0.15, 0.2) is 24.3 Å². The number of carbonyl (C=O) groups excluding carboxylic acids is 2. The van der Waals surface area contributed by atoms with Crippen LogP contribution < -0.4 is 15.0 Å². The highest BCUT2D eigenvalue weighted by Gasteiger charge is 2.26. The Morgan fingerprint density at radius 2 is 1.83 bits per heavy atom. The summed E-state index contributed by atoms with van der Waals surface area (Å²) in [6.45, 7) is 3.38. The molecule has 1 aliphatic rings. The number of anilines is 1. The van der Waals surface area contributed by atoms with Gasteiger partial charge in [0.15, 0.2) is 0 Å². The van der Waals surface area contributed by atoms with Crippen LogP contribution in [-0.2, 0) is 14.3 Å². The molecule has 1 saturated heterocycles. The molecule has 7 nitrogen and oxygen atoms in total. The van der Waals surface area contributed by atoms with Gasteiger partial charge in [-0.3, -0.25) is 9.59 Å². The largest absolute Gasteiger partial charge is 0.495 e. The van der Waals surface area contributed by atoms with Gasteiger partial charge in [0, 0.05) is 46.4 Å². The molecule has 0 unspecified atom stereocenters. The Kier molecular flexibility index (Phi) is 6.87. The van der Waals surface area contributed by atoms with Gasteiger partial charge in [0.05, 0.1) is 12.8 Å². The summed E-state index contributed by atoms with van der Waals surface area (Å²) in [5.74, 6) is -0.197. The minimum absolute atomic E-state index is 0.444. The number of amides is 2. The zero-order valence-corrected chi connectivity index (χ0v) is 14.3. The van der Waals surface area contributed by atoms with Gasteiger partial charge in [0.25, 0.3) is 0 Å². The van der Waals surface area contributed by atoms with Crippen LogP contribution in [0.3, 0.4) is 0 Å². The van der Waals surface area contributed by atoms with E-state index in [1.165, 1.54) is 0 Å². The Bertz CT molecular complexity index is 557. The van der Waals surface area contributed by atoms with Crippen LogP contribution in [-0.4, -0.2) is 70.3 Å².